The topological polar surface area (TPSA) is 105 Å². The van der Waals surface area contributed by atoms with Crippen molar-refractivity contribution < 1.29 is 24.2 Å². The first-order chi connectivity index (χ1) is 9.54. The van der Waals surface area contributed by atoms with Gasteiger partial charge in [0.1, 0.15) is 0 Å². The lowest BCUT2D eigenvalue weighted by Crippen LogP contribution is -2.44. The minimum absolute atomic E-state index is 0.0121. The number of rotatable bonds is 8. The molecule has 0 aromatic heterocycles. The second kappa shape index (κ2) is 8.52. The van der Waals surface area contributed by atoms with Crippen LogP contribution in [0.25, 0.3) is 0 Å². The molecule has 1 unspecified atom stereocenters. The Bertz CT molecular complexity index is 353. The van der Waals surface area contributed by atoms with E-state index >= 15 is 0 Å². The number of hydrogen-bond donors (Lipinski definition) is 3. The number of amides is 2. The SMILES string of the molecule is COCC(NC(=O)CCNC(=O)C1CCCC1)C(=O)O. The van der Waals surface area contributed by atoms with Crippen molar-refractivity contribution in [2.24, 2.45) is 5.92 Å². The highest BCUT2D eigenvalue weighted by atomic mass is 16.5. The fourth-order valence-electron chi connectivity index (χ4n) is 2.24. The largest absolute Gasteiger partial charge is 0.480 e. The molecule has 7 nitrogen and oxygen atoms in total. The molecular formula is C13H22N2O5. The number of carbonyl (C=O) groups excluding carboxylic acids is 2. The summed E-state index contributed by atoms with van der Waals surface area (Å²) in [7, 11) is 1.37. The molecule has 0 aliphatic heterocycles. The molecule has 0 aromatic rings. The Morgan fingerprint density at radius 2 is 1.95 bits per heavy atom. The van der Waals surface area contributed by atoms with Crippen LogP contribution >= 0.6 is 0 Å². The van der Waals surface area contributed by atoms with Gasteiger partial charge in [0.25, 0.3) is 0 Å². The van der Waals surface area contributed by atoms with E-state index in [4.69, 9.17) is 9.84 Å². The second-order valence-corrected chi connectivity index (χ2v) is 4.94. The molecule has 114 valence electrons. The zero-order chi connectivity index (χ0) is 15.0. The number of nitrogens with one attached hydrogen (secondary N) is 2. The van der Waals surface area contributed by atoms with Crippen molar-refractivity contribution in [3.63, 3.8) is 0 Å². The summed E-state index contributed by atoms with van der Waals surface area (Å²) in [5.74, 6) is -1.50. The smallest absolute Gasteiger partial charge is 0.328 e. The zero-order valence-electron chi connectivity index (χ0n) is 11.7. The van der Waals surface area contributed by atoms with E-state index in [2.05, 4.69) is 10.6 Å². The molecule has 1 fully saturated rings. The summed E-state index contributed by atoms with van der Waals surface area (Å²) in [4.78, 5) is 34.1. The standard InChI is InChI=1S/C13H22N2O5/c1-20-8-10(13(18)19)15-11(16)6-7-14-12(17)9-4-2-3-5-9/h9-10H,2-8H2,1H3,(H,14,17)(H,15,16)(H,18,19). The first kappa shape index (κ1) is 16.4. The van der Waals surface area contributed by atoms with Crippen molar-refractivity contribution in [3.05, 3.63) is 0 Å². The lowest BCUT2D eigenvalue weighted by atomic mass is 10.1. The number of carbonyl (C=O) groups is 3. The van der Waals surface area contributed by atoms with E-state index in [0.29, 0.717) is 0 Å². The Kier molecular flexibility index (Phi) is 7.00. The normalized spacial score (nSPS) is 16.6. The number of carboxylic acid groups (broad SMARTS) is 1. The average molecular weight is 286 g/mol. The maximum absolute atomic E-state index is 11.7. The maximum atomic E-state index is 11.7. The predicted octanol–water partition coefficient (Wildman–Crippen LogP) is -0.101. The third-order valence-electron chi connectivity index (χ3n) is 3.34. The second-order valence-electron chi connectivity index (χ2n) is 4.94. The van der Waals surface area contributed by atoms with Gasteiger partial charge in [-0.15, -0.1) is 0 Å². The van der Waals surface area contributed by atoms with Crippen LogP contribution < -0.4 is 10.6 Å². The molecule has 0 bridgehead atoms. The fourth-order valence-corrected chi connectivity index (χ4v) is 2.24. The molecule has 0 aromatic carbocycles. The van der Waals surface area contributed by atoms with Crippen LogP contribution in [0.1, 0.15) is 32.1 Å². The Balaban J connectivity index is 2.21. The van der Waals surface area contributed by atoms with Gasteiger partial charge in [0.05, 0.1) is 6.61 Å². The molecule has 7 heteroatoms. The summed E-state index contributed by atoms with van der Waals surface area (Å²) in [6, 6.07) is -1.06. The van der Waals surface area contributed by atoms with Crippen LogP contribution in [-0.2, 0) is 19.1 Å². The van der Waals surface area contributed by atoms with Gasteiger partial charge in [-0.2, -0.15) is 0 Å². The quantitative estimate of drug-likeness (QED) is 0.578. The van der Waals surface area contributed by atoms with Crippen molar-refractivity contribution >= 4 is 17.8 Å². The van der Waals surface area contributed by atoms with Crippen LogP contribution in [0.3, 0.4) is 0 Å². The van der Waals surface area contributed by atoms with Gasteiger partial charge in [-0.3, -0.25) is 9.59 Å². The number of methoxy groups -OCH3 is 1. The van der Waals surface area contributed by atoms with Gasteiger partial charge < -0.3 is 20.5 Å². The molecule has 1 aliphatic rings. The molecule has 2 amide bonds. The fraction of sp³-hybridized carbons (Fsp3) is 0.769. The van der Waals surface area contributed by atoms with Gasteiger partial charge in [-0.1, -0.05) is 12.8 Å². The summed E-state index contributed by atoms with van der Waals surface area (Å²) in [6.45, 7) is 0.135. The lowest BCUT2D eigenvalue weighted by Gasteiger charge is -2.14. The Labute approximate surface area is 118 Å². The summed E-state index contributed by atoms with van der Waals surface area (Å²) >= 11 is 0. The van der Waals surface area contributed by atoms with Gasteiger partial charge in [0.2, 0.25) is 11.8 Å². The van der Waals surface area contributed by atoms with Gasteiger partial charge in [0.15, 0.2) is 6.04 Å². The van der Waals surface area contributed by atoms with E-state index in [1.54, 1.807) is 0 Å². The van der Waals surface area contributed by atoms with E-state index in [-0.39, 0.29) is 31.4 Å². The molecule has 0 heterocycles. The van der Waals surface area contributed by atoms with Gasteiger partial charge in [0, 0.05) is 26.0 Å². The third-order valence-corrected chi connectivity index (χ3v) is 3.34. The zero-order valence-corrected chi connectivity index (χ0v) is 11.7. The summed E-state index contributed by atoms with van der Waals surface area (Å²) in [5, 5.41) is 13.9. The number of carboxylic acids is 1. The van der Waals surface area contributed by atoms with E-state index in [9.17, 15) is 14.4 Å². The highest BCUT2D eigenvalue weighted by Gasteiger charge is 2.23. The van der Waals surface area contributed by atoms with Gasteiger partial charge >= 0.3 is 5.97 Å². The minimum Gasteiger partial charge on any atom is -0.480 e. The van der Waals surface area contributed by atoms with Crippen LogP contribution in [0, 0.1) is 5.92 Å². The Morgan fingerprint density at radius 1 is 1.30 bits per heavy atom. The highest BCUT2D eigenvalue weighted by molar-refractivity contribution is 5.84. The van der Waals surface area contributed by atoms with E-state index in [1.165, 1.54) is 7.11 Å². The first-order valence-electron chi connectivity index (χ1n) is 6.83. The van der Waals surface area contributed by atoms with Crippen LogP contribution in [0.5, 0.6) is 0 Å². The molecule has 1 atom stereocenters. The van der Waals surface area contributed by atoms with E-state index in [1.807, 2.05) is 0 Å². The maximum Gasteiger partial charge on any atom is 0.328 e. The molecule has 0 spiro atoms. The van der Waals surface area contributed by atoms with E-state index < -0.39 is 17.9 Å². The summed E-state index contributed by atoms with van der Waals surface area (Å²) in [5.41, 5.74) is 0. The predicted molar refractivity (Wildman–Crippen MR) is 71.0 cm³/mol. The van der Waals surface area contributed by atoms with E-state index in [0.717, 1.165) is 25.7 Å². The number of aliphatic carboxylic acids is 1. The molecule has 3 N–H and O–H groups in total. The van der Waals surface area contributed by atoms with Crippen LogP contribution in [-0.4, -0.2) is 49.2 Å². The monoisotopic (exact) mass is 286 g/mol. The highest BCUT2D eigenvalue weighted by Crippen LogP contribution is 2.24. The van der Waals surface area contributed by atoms with Crippen LogP contribution in [0.4, 0.5) is 0 Å². The molecule has 20 heavy (non-hydrogen) atoms. The van der Waals surface area contributed by atoms with Gasteiger partial charge in [-0.25, -0.2) is 4.79 Å². The summed E-state index contributed by atoms with van der Waals surface area (Å²) < 4.78 is 4.71. The molecular weight excluding hydrogens is 264 g/mol. The molecule has 1 aliphatic carbocycles. The van der Waals surface area contributed by atoms with Crippen LogP contribution in [0.15, 0.2) is 0 Å². The lowest BCUT2D eigenvalue weighted by molar-refractivity contribution is -0.143. The minimum atomic E-state index is -1.14. The van der Waals surface area contributed by atoms with Crippen molar-refractivity contribution in [1.29, 1.82) is 0 Å². The Hall–Kier alpha value is -1.63. The number of ether oxygens (including phenoxy) is 1. The average Bonchev–Trinajstić information content (AvgIpc) is 2.91. The van der Waals surface area contributed by atoms with Gasteiger partial charge in [-0.05, 0) is 12.8 Å². The van der Waals surface area contributed by atoms with Crippen LogP contribution in [0.2, 0.25) is 0 Å². The van der Waals surface area contributed by atoms with Crippen molar-refractivity contribution in [2.75, 3.05) is 20.3 Å². The van der Waals surface area contributed by atoms with Crippen molar-refractivity contribution in [2.45, 2.75) is 38.1 Å². The van der Waals surface area contributed by atoms with Crippen molar-refractivity contribution in [3.8, 4) is 0 Å². The number of hydrogen-bond acceptors (Lipinski definition) is 4. The first-order valence-corrected chi connectivity index (χ1v) is 6.83. The summed E-state index contributed by atoms with van der Waals surface area (Å²) in [6.07, 6.45) is 4.04. The third kappa shape index (κ3) is 5.56. The molecule has 1 saturated carbocycles. The molecule has 0 radical (unpaired) electrons. The van der Waals surface area contributed by atoms with Crippen molar-refractivity contribution in [1.82, 2.24) is 10.6 Å². The Morgan fingerprint density at radius 3 is 2.50 bits per heavy atom. The molecule has 0 saturated heterocycles. The molecule has 1 rings (SSSR count).